The van der Waals surface area contributed by atoms with Gasteiger partial charge in [-0.25, -0.2) is 9.78 Å². The molecule has 2 N–H and O–H groups in total. The van der Waals surface area contributed by atoms with Gasteiger partial charge < -0.3 is 10.4 Å². The first-order valence-corrected chi connectivity index (χ1v) is 6.05. The number of carboxylic acids is 1. The Morgan fingerprint density at radius 2 is 2.24 bits per heavy atom. The molecule has 2 unspecified atom stereocenters. The van der Waals surface area contributed by atoms with Crippen LogP contribution in [0.2, 0.25) is 0 Å². The van der Waals surface area contributed by atoms with Crippen LogP contribution >= 0.6 is 0 Å². The van der Waals surface area contributed by atoms with E-state index in [1.165, 1.54) is 12.8 Å². The van der Waals surface area contributed by atoms with E-state index >= 15 is 0 Å². The highest BCUT2D eigenvalue weighted by molar-refractivity contribution is 5.93. The lowest BCUT2D eigenvalue weighted by Crippen LogP contribution is -2.24. The van der Waals surface area contributed by atoms with Gasteiger partial charge in [-0.2, -0.15) is 0 Å². The minimum atomic E-state index is -0.925. The molecular weight excluding hydrogens is 216 g/mol. The lowest BCUT2D eigenvalue weighted by Gasteiger charge is -2.19. The fourth-order valence-corrected chi connectivity index (χ4v) is 2.37. The predicted molar refractivity (Wildman–Crippen MR) is 66.4 cm³/mol. The molecule has 17 heavy (non-hydrogen) atoms. The molecule has 2 rings (SSSR count). The molecule has 92 valence electrons. The summed E-state index contributed by atoms with van der Waals surface area (Å²) in [5.74, 6) is 0.167. The molecule has 1 aromatic rings. The number of hydrogen-bond donors (Lipinski definition) is 2. The maximum absolute atomic E-state index is 11.1. The normalized spacial score (nSPS) is 23.6. The van der Waals surface area contributed by atoms with Gasteiger partial charge in [0.1, 0.15) is 11.4 Å². The first-order valence-electron chi connectivity index (χ1n) is 6.05. The van der Waals surface area contributed by atoms with Gasteiger partial charge in [-0.05, 0) is 37.8 Å². The van der Waals surface area contributed by atoms with Crippen molar-refractivity contribution in [3.8, 4) is 0 Å². The van der Waals surface area contributed by atoms with E-state index in [-0.39, 0.29) is 5.56 Å². The summed E-state index contributed by atoms with van der Waals surface area (Å²) in [6.45, 7) is 4.07. The Morgan fingerprint density at radius 1 is 1.47 bits per heavy atom. The van der Waals surface area contributed by atoms with E-state index in [4.69, 9.17) is 5.11 Å². The first-order chi connectivity index (χ1) is 8.08. The van der Waals surface area contributed by atoms with Gasteiger partial charge in [0.25, 0.3) is 0 Å². The SMILES string of the molecule is Cc1ccc(C(=O)O)c(NC2CCCC2C)n1. The highest BCUT2D eigenvalue weighted by atomic mass is 16.4. The van der Waals surface area contributed by atoms with Gasteiger partial charge in [0.15, 0.2) is 0 Å². The summed E-state index contributed by atoms with van der Waals surface area (Å²) in [7, 11) is 0. The molecule has 0 amide bonds. The molecule has 1 aliphatic carbocycles. The van der Waals surface area contributed by atoms with E-state index in [1.807, 2.05) is 6.92 Å². The summed E-state index contributed by atoms with van der Waals surface area (Å²) in [4.78, 5) is 15.4. The lowest BCUT2D eigenvalue weighted by molar-refractivity contribution is 0.0697. The van der Waals surface area contributed by atoms with E-state index in [0.717, 1.165) is 12.1 Å². The van der Waals surface area contributed by atoms with Crippen molar-refractivity contribution in [1.82, 2.24) is 4.98 Å². The third-order valence-electron chi connectivity index (χ3n) is 3.45. The molecule has 1 aromatic heterocycles. The number of hydrogen-bond acceptors (Lipinski definition) is 3. The minimum absolute atomic E-state index is 0.259. The molecule has 4 heteroatoms. The van der Waals surface area contributed by atoms with E-state index < -0.39 is 5.97 Å². The summed E-state index contributed by atoms with van der Waals surface area (Å²) in [5.41, 5.74) is 1.10. The van der Waals surface area contributed by atoms with Crippen molar-refractivity contribution >= 4 is 11.8 Å². The Morgan fingerprint density at radius 3 is 2.82 bits per heavy atom. The van der Waals surface area contributed by atoms with Crippen LogP contribution in [0.3, 0.4) is 0 Å². The Hall–Kier alpha value is -1.58. The summed E-state index contributed by atoms with van der Waals surface area (Å²) in [6.07, 6.45) is 3.49. The zero-order valence-corrected chi connectivity index (χ0v) is 10.2. The van der Waals surface area contributed by atoms with Crippen molar-refractivity contribution < 1.29 is 9.90 Å². The molecule has 0 bridgehead atoms. The standard InChI is InChI=1S/C13H18N2O2/c1-8-4-3-5-11(8)15-12-10(13(16)17)7-6-9(2)14-12/h6-8,11H,3-5H2,1-2H3,(H,14,15)(H,16,17). The minimum Gasteiger partial charge on any atom is -0.478 e. The largest absolute Gasteiger partial charge is 0.478 e. The van der Waals surface area contributed by atoms with E-state index in [1.54, 1.807) is 12.1 Å². The molecule has 2 atom stereocenters. The second-order valence-corrected chi connectivity index (χ2v) is 4.81. The highest BCUT2D eigenvalue weighted by Crippen LogP contribution is 2.28. The second-order valence-electron chi connectivity index (χ2n) is 4.81. The Bertz CT molecular complexity index is 431. The summed E-state index contributed by atoms with van der Waals surface area (Å²) < 4.78 is 0. The molecule has 1 fully saturated rings. The predicted octanol–water partition coefficient (Wildman–Crippen LogP) is 2.69. The number of nitrogens with one attached hydrogen (secondary N) is 1. The van der Waals surface area contributed by atoms with Crippen LogP contribution in [0.15, 0.2) is 12.1 Å². The van der Waals surface area contributed by atoms with Crippen molar-refractivity contribution in [3.63, 3.8) is 0 Å². The van der Waals surface area contributed by atoms with Gasteiger partial charge >= 0.3 is 5.97 Å². The van der Waals surface area contributed by atoms with Crippen molar-refractivity contribution in [2.24, 2.45) is 5.92 Å². The Labute approximate surface area is 101 Å². The quantitative estimate of drug-likeness (QED) is 0.844. The molecule has 1 heterocycles. The topological polar surface area (TPSA) is 62.2 Å². The fraction of sp³-hybridized carbons (Fsp3) is 0.538. The zero-order chi connectivity index (χ0) is 12.4. The van der Waals surface area contributed by atoms with Crippen LogP contribution in [0.4, 0.5) is 5.82 Å². The van der Waals surface area contributed by atoms with E-state index in [9.17, 15) is 4.79 Å². The number of carbonyl (C=O) groups is 1. The molecule has 4 nitrogen and oxygen atoms in total. The van der Waals surface area contributed by atoms with Gasteiger partial charge in [0, 0.05) is 11.7 Å². The molecule has 0 radical (unpaired) electrons. The number of anilines is 1. The van der Waals surface area contributed by atoms with Crippen molar-refractivity contribution in [2.75, 3.05) is 5.32 Å². The van der Waals surface area contributed by atoms with Crippen molar-refractivity contribution in [3.05, 3.63) is 23.4 Å². The van der Waals surface area contributed by atoms with Crippen molar-refractivity contribution in [2.45, 2.75) is 39.2 Å². The van der Waals surface area contributed by atoms with Crippen LogP contribution in [0.5, 0.6) is 0 Å². The zero-order valence-electron chi connectivity index (χ0n) is 10.2. The summed E-state index contributed by atoms with van der Waals surface area (Å²) in [6, 6.07) is 3.70. The Balaban J connectivity index is 2.24. The van der Waals surface area contributed by atoms with Crippen LogP contribution < -0.4 is 5.32 Å². The van der Waals surface area contributed by atoms with Gasteiger partial charge in [-0.15, -0.1) is 0 Å². The van der Waals surface area contributed by atoms with E-state index in [2.05, 4.69) is 17.2 Å². The van der Waals surface area contributed by atoms with Crippen molar-refractivity contribution in [1.29, 1.82) is 0 Å². The van der Waals surface area contributed by atoms with E-state index in [0.29, 0.717) is 17.8 Å². The summed E-state index contributed by atoms with van der Waals surface area (Å²) in [5, 5.41) is 12.4. The van der Waals surface area contributed by atoms with Gasteiger partial charge in [0.05, 0.1) is 0 Å². The number of rotatable bonds is 3. The number of pyridine rings is 1. The monoisotopic (exact) mass is 234 g/mol. The third-order valence-corrected chi connectivity index (χ3v) is 3.45. The number of aromatic nitrogens is 1. The number of aryl methyl sites for hydroxylation is 1. The molecule has 0 spiro atoms. The molecule has 1 aliphatic rings. The molecular formula is C13H18N2O2. The maximum Gasteiger partial charge on any atom is 0.339 e. The molecule has 1 saturated carbocycles. The first kappa shape index (κ1) is 11.9. The average molecular weight is 234 g/mol. The summed E-state index contributed by atoms with van der Waals surface area (Å²) >= 11 is 0. The number of aromatic carboxylic acids is 1. The number of carboxylic acid groups (broad SMARTS) is 1. The lowest BCUT2D eigenvalue weighted by atomic mass is 10.1. The van der Waals surface area contributed by atoms with Crippen LogP contribution in [0.1, 0.15) is 42.2 Å². The van der Waals surface area contributed by atoms with Gasteiger partial charge in [0.2, 0.25) is 0 Å². The van der Waals surface area contributed by atoms with Crippen LogP contribution in [-0.4, -0.2) is 22.1 Å². The maximum atomic E-state index is 11.1. The van der Waals surface area contributed by atoms with Crippen LogP contribution in [-0.2, 0) is 0 Å². The molecule has 0 aromatic carbocycles. The smallest absolute Gasteiger partial charge is 0.339 e. The van der Waals surface area contributed by atoms with Gasteiger partial charge in [-0.1, -0.05) is 13.3 Å². The fourth-order valence-electron chi connectivity index (χ4n) is 2.37. The number of nitrogens with zero attached hydrogens (tertiary/aromatic N) is 1. The molecule has 0 aliphatic heterocycles. The Kier molecular flexibility index (Phi) is 3.31. The van der Waals surface area contributed by atoms with Crippen LogP contribution in [0.25, 0.3) is 0 Å². The van der Waals surface area contributed by atoms with Gasteiger partial charge in [-0.3, -0.25) is 0 Å². The third kappa shape index (κ3) is 2.57. The average Bonchev–Trinajstić information content (AvgIpc) is 2.64. The molecule has 0 saturated heterocycles. The second kappa shape index (κ2) is 4.73. The highest BCUT2D eigenvalue weighted by Gasteiger charge is 2.25. The van der Waals surface area contributed by atoms with Crippen LogP contribution in [0, 0.1) is 12.8 Å².